The monoisotopic (exact) mass is 503 g/mol. The fourth-order valence-corrected chi connectivity index (χ4v) is 4.31. The summed E-state index contributed by atoms with van der Waals surface area (Å²) in [6.45, 7) is 0.0553. The molecule has 0 bridgehead atoms. The summed E-state index contributed by atoms with van der Waals surface area (Å²) < 4.78 is 7.14. The second-order valence-corrected chi connectivity index (χ2v) is 8.94. The maximum Gasteiger partial charge on any atom is 0.276 e. The van der Waals surface area contributed by atoms with Gasteiger partial charge in [-0.25, -0.2) is 4.68 Å². The van der Waals surface area contributed by atoms with Crippen LogP contribution in [0.2, 0.25) is 15.1 Å². The topological polar surface area (TPSA) is 56.2 Å². The molecule has 0 saturated heterocycles. The van der Waals surface area contributed by atoms with Crippen LogP contribution in [0.15, 0.2) is 88.8 Å². The third-order valence-corrected chi connectivity index (χ3v) is 6.24. The van der Waals surface area contributed by atoms with Crippen LogP contribution < -0.4 is 10.1 Å². The number of nitrogens with zero attached hydrogens (tertiary/aromatic N) is 2. The molecule has 3 aromatic carbocycles. The molecule has 0 aliphatic heterocycles. The Kier molecular flexibility index (Phi) is 7.27. The Bertz CT molecular complexity index is 1230. The molecule has 1 amide bonds. The summed E-state index contributed by atoms with van der Waals surface area (Å²) in [6, 6.07) is 21.8. The predicted molar refractivity (Wildman–Crippen MR) is 129 cm³/mol. The lowest BCUT2D eigenvalue weighted by Crippen LogP contribution is -2.14. The molecule has 162 valence electrons. The standard InChI is InChI=1S/C23H16Cl3N3O2S/c24-15-8-10-16(11-9-15)32-21-7-2-1-6-19(21)27-23(30)20-12-13-29(28-20)14-31-22-17(25)4-3-5-18(22)26/h1-13H,14H2,(H,27,30). The first-order chi connectivity index (χ1) is 15.5. The van der Waals surface area contributed by atoms with Crippen molar-refractivity contribution in [3.05, 3.63) is 99.8 Å². The van der Waals surface area contributed by atoms with Crippen molar-refractivity contribution in [1.29, 1.82) is 0 Å². The summed E-state index contributed by atoms with van der Waals surface area (Å²) >= 11 is 19.7. The lowest BCUT2D eigenvalue weighted by Gasteiger charge is -2.10. The van der Waals surface area contributed by atoms with Gasteiger partial charge in [0.2, 0.25) is 0 Å². The van der Waals surface area contributed by atoms with E-state index in [-0.39, 0.29) is 18.3 Å². The van der Waals surface area contributed by atoms with Gasteiger partial charge in [0.1, 0.15) is 0 Å². The summed E-state index contributed by atoms with van der Waals surface area (Å²) in [7, 11) is 0. The highest BCUT2D eigenvalue weighted by atomic mass is 35.5. The highest BCUT2D eigenvalue weighted by Crippen LogP contribution is 2.34. The normalized spacial score (nSPS) is 10.7. The average Bonchev–Trinajstić information content (AvgIpc) is 3.25. The Balaban J connectivity index is 1.43. The van der Waals surface area contributed by atoms with Crippen molar-refractivity contribution < 1.29 is 9.53 Å². The number of rotatable bonds is 7. The van der Waals surface area contributed by atoms with Crippen molar-refractivity contribution in [2.75, 3.05) is 5.32 Å². The lowest BCUT2D eigenvalue weighted by molar-refractivity contribution is 0.102. The van der Waals surface area contributed by atoms with Crippen molar-refractivity contribution in [3.8, 4) is 5.75 Å². The molecule has 1 N–H and O–H groups in total. The number of nitrogens with one attached hydrogen (secondary N) is 1. The van der Waals surface area contributed by atoms with Crippen LogP contribution in [0.3, 0.4) is 0 Å². The summed E-state index contributed by atoms with van der Waals surface area (Å²) in [4.78, 5) is 14.7. The Labute approximate surface area is 204 Å². The van der Waals surface area contributed by atoms with Gasteiger partial charge in [-0.3, -0.25) is 4.79 Å². The van der Waals surface area contributed by atoms with E-state index >= 15 is 0 Å². The quantitative estimate of drug-likeness (QED) is 0.287. The first-order valence-electron chi connectivity index (χ1n) is 9.43. The second kappa shape index (κ2) is 10.3. The molecule has 0 atom stereocenters. The number of ether oxygens (including phenoxy) is 1. The minimum absolute atomic E-state index is 0.0553. The molecule has 32 heavy (non-hydrogen) atoms. The van der Waals surface area contributed by atoms with Crippen LogP contribution in [0.25, 0.3) is 0 Å². The van der Waals surface area contributed by atoms with Crippen LogP contribution in [0.1, 0.15) is 10.5 Å². The molecular weight excluding hydrogens is 489 g/mol. The number of hydrogen-bond acceptors (Lipinski definition) is 4. The average molecular weight is 505 g/mol. The summed E-state index contributed by atoms with van der Waals surface area (Å²) in [5.41, 5.74) is 0.941. The van der Waals surface area contributed by atoms with Crippen LogP contribution in [-0.2, 0) is 6.73 Å². The van der Waals surface area contributed by atoms with Crippen molar-refractivity contribution in [2.24, 2.45) is 0 Å². The van der Waals surface area contributed by atoms with E-state index in [1.54, 1.807) is 30.5 Å². The number of carbonyl (C=O) groups excluding carboxylic acids is 1. The van der Waals surface area contributed by atoms with E-state index in [9.17, 15) is 4.79 Å². The third-order valence-electron chi connectivity index (χ3n) is 4.31. The van der Waals surface area contributed by atoms with Gasteiger partial charge in [-0.15, -0.1) is 0 Å². The predicted octanol–water partition coefficient (Wildman–Crippen LogP) is 7.28. The van der Waals surface area contributed by atoms with E-state index in [4.69, 9.17) is 39.5 Å². The van der Waals surface area contributed by atoms with Crippen LogP contribution in [0.5, 0.6) is 5.75 Å². The summed E-state index contributed by atoms with van der Waals surface area (Å²) in [6.07, 6.45) is 1.65. The Hall–Kier alpha value is -2.64. The molecule has 5 nitrogen and oxygen atoms in total. The van der Waals surface area contributed by atoms with E-state index in [2.05, 4.69) is 10.4 Å². The van der Waals surface area contributed by atoms with E-state index in [0.717, 1.165) is 9.79 Å². The molecule has 1 aromatic heterocycles. The smallest absolute Gasteiger partial charge is 0.276 e. The molecular formula is C23H16Cl3N3O2S. The van der Waals surface area contributed by atoms with E-state index < -0.39 is 0 Å². The molecule has 0 fully saturated rings. The molecule has 9 heteroatoms. The Morgan fingerprint density at radius 3 is 2.41 bits per heavy atom. The minimum Gasteiger partial charge on any atom is -0.468 e. The van der Waals surface area contributed by atoms with Crippen molar-refractivity contribution in [1.82, 2.24) is 9.78 Å². The fraction of sp³-hybridized carbons (Fsp3) is 0.0435. The zero-order chi connectivity index (χ0) is 22.5. The number of para-hydroxylation sites is 2. The van der Waals surface area contributed by atoms with Crippen molar-refractivity contribution >= 4 is 58.2 Å². The molecule has 0 aliphatic rings. The molecule has 0 aliphatic carbocycles. The number of hydrogen-bond donors (Lipinski definition) is 1. The van der Waals surface area contributed by atoms with E-state index in [1.807, 2.05) is 48.5 Å². The number of halogens is 3. The molecule has 0 unspecified atom stereocenters. The van der Waals surface area contributed by atoms with Crippen LogP contribution in [0.4, 0.5) is 5.69 Å². The third kappa shape index (κ3) is 5.58. The first kappa shape index (κ1) is 22.6. The molecule has 0 saturated carbocycles. The molecule has 4 aromatic rings. The van der Waals surface area contributed by atoms with Crippen molar-refractivity contribution in [3.63, 3.8) is 0 Å². The zero-order valence-electron chi connectivity index (χ0n) is 16.5. The molecule has 1 heterocycles. The lowest BCUT2D eigenvalue weighted by atomic mass is 10.3. The van der Waals surface area contributed by atoms with Crippen LogP contribution in [0, 0.1) is 0 Å². The summed E-state index contributed by atoms with van der Waals surface area (Å²) in [5, 5.41) is 8.67. The van der Waals surface area contributed by atoms with Gasteiger partial charge < -0.3 is 10.1 Å². The van der Waals surface area contributed by atoms with Gasteiger partial charge in [0.05, 0.1) is 15.7 Å². The van der Waals surface area contributed by atoms with E-state index in [1.165, 1.54) is 16.4 Å². The minimum atomic E-state index is -0.330. The number of aromatic nitrogens is 2. The summed E-state index contributed by atoms with van der Waals surface area (Å²) in [5.74, 6) is 0.0363. The van der Waals surface area contributed by atoms with Gasteiger partial charge in [-0.1, -0.05) is 64.8 Å². The highest BCUT2D eigenvalue weighted by Gasteiger charge is 2.14. The highest BCUT2D eigenvalue weighted by molar-refractivity contribution is 7.99. The zero-order valence-corrected chi connectivity index (χ0v) is 19.6. The van der Waals surface area contributed by atoms with Gasteiger partial charge in [-0.05, 0) is 54.6 Å². The number of benzene rings is 3. The van der Waals surface area contributed by atoms with E-state index in [0.29, 0.717) is 26.5 Å². The maximum atomic E-state index is 12.8. The number of anilines is 1. The number of amides is 1. The fourth-order valence-electron chi connectivity index (χ4n) is 2.78. The Morgan fingerprint density at radius 1 is 0.938 bits per heavy atom. The molecule has 0 radical (unpaired) electrons. The van der Waals surface area contributed by atoms with Gasteiger partial charge in [0.25, 0.3) is 5.91 Å². The SMILES string of the molecule is O=C(Nc1ccccc1Sc1ccc(Cl)cc1)c1ccn(COc2c(Cl)cccc2Cl)n1. The van der Waals surface area contributed by atoms with Gasteiger partial charge >= 0.3 is 0 Å². The number of carbonyl (C=O) groups is 1. The van der Waals surface area contributed by atoms with Crippen LogP contribution in [-0.4, -0.2) is 15.7 Å². The molecule has 0 spiro atoms. The first-order valence-corrected chi connectivity index (χ1v) is 11.4. The second-order valence-electron chi connectivity index (χ2n) is 6.57. The largest absolute Gasteiger partial charge is 0.468 e. The van der Waals surface area contributed by atoms with Crippen LogP contribution >= 0.6 is 46.6 Å². The van der Waals surface area contributed by atoms with Gasteiger partial charge in [-0.2, -0.15) is 5.10 Å². The maximum absolute atomic E-state index is 12.8. The van der Waals surface area contributed by atoms with Crippen molar-refractivity contribution in [2.45, 2.75) is 16.5 Å². The van der Waals surface area contributed by atoms with Gasteiger partial charge in [0.15, 0.2) is 18.2 Å². The van der Waals surface area contributed by atoms with Gasteiger partial charge in [0, 0.05) is 21.0 Å². The Morgan fingerprint density at radius 2 is 1.66 bits per heavy atom. The molecule has 4 rings (SSSR count).